The monoisotopic (exact) mass is 290 g/mol. The Morgan fingerprint density at radius 2 is 1.86 bits per heavy atom. The van der Waals surface area contributed by atoms with E-state index in [2.05, 4.69) is 10.1 Å². The van der Waals surface area contributed by atoms with Crippen LogP contribution in [0.15, 0.2) is 28.8 Å². The summed E-state index contributed by atoms with van der Waals surface area (Å²) in [6, 6.07) is 5.93. The van der Waals surface area contributed by atoms with Gasteiger partial charge in [-0.15, -0.1) is 0 Å². The molecule has 1 aromatic heterocycles. The largest absolute Gasteiger partial charge is 0.339 e. The molecule has 1 aromatic carbocycles. The van der Waals surface area contributed by atoms with E-state index >= 15 is 0 Å². The third-order valence-electron chi connectivity index (χ3n) is 3.35. The number of nitro groups is 1. The van der Waals surface area contributed by atoms with Crippen molar-refractivity contribution >= 4 is 5.69 Å². The van der Waals surface area contributed by atoms with Gasteiger partial charge in [0.1, 0.15) is 0 Å². The molecule has 0 aliphatic carbocycles. The predicted octanol–water partition coefficient (Wildman–Crippen LogP) is 2.73. The normalized spacial score (nSPS) is 14.1. The fraction of sp³-hybridized carbons (Fsp3) is 0.429. The standard InChI is InChI=1S/C14H18N4O3/c1-8(2)12(9(3)15)14-16-13(17-21-14)10-4-6-11(7-5-10)18(19)20/h4-9,12H,15H2,1-3H3. The number of hydrogen-bond acceptors (Lipinski definition) is 6. The average molecular weight is 290 g/mol. The van der Waals surface area contributed by atoms with Crippen molar-refractivity contribution in [2.24, 2.45) is 11.7 Å². The topological polar surface area (TPSA) is 108 Å². The highest BCUT2D eigenvalue weighted by atomic mass is 16.6. The Balaban J connectivity index is 2.28. The minimum Gasteiger partial charge on any atom is -0.339 e. The molecule has 7 heteroatoms. The van der Waals surface area contributed by atoms with Crippen molar-refractivity contribution in [1.29, 1.82) is 0 Å². The Kier molecular flexibility index (Phi) is 4.32. The Labute approximate surface area is 122 Å². The van der Waals surface area contributed by atoms with Crippen molar-refractivity contribution in [1.82, 2.24) is 10.1 Å². The molecule has 2 aromatic rings. The van der Waals surface area contributed by atoms with Gasteiger partial charge in [-0.25, -0.2) is 0 Å². The van der Waals surface area contributed by atoms with E-state index in [4.69, 9.17) is 10.3 Å². The Morgan fingerprint density at radius 3 is 2.33 bits per heavy atom. The molecule has 2 N–H and O–H groups in total. The number of nitrogens with two attached hydrogens (primary N) is 1. The van der Waals surface area contributed by atoms with Crippen molar-refractivity contribution in [3.63, 3.8) is 0 Å². The molecule has 2 rings (SSSR count). The molecule has 0 radical (unpaired) electrons. The van der Waals surface area contributed by atoms with Crippen LogP contribution in [-0.4, -0.2) is 21.1 Å². The van der Waals surface area contributed by atoms with E-state index in [1.165, 1.54) is 12.1 Å². The Bertz CT molecular complexity index is 611. The van der Waals surface area contributed by atoms with Gasteiger partial charge in [-0.05, 0) is 25.0 Å². The lowest BCUT2D eigenvalue weighted by atomic mass is 9.90. The van der Waals surface area contributed by atoms with Crippen molar-refractivity contribution in [3.8, 4) is 11.4 Å². The van der Waals surface area contributed by atoms with Gasteiger partial charge >= 0.3 is 0 Å². The van der Waals surface area contributed by atoms with Crippen LogP contribution in [0.4, 0.5) is 5.69 Å². The zero-order valence-electron chi connectivity index (χ0n) is 12.2. The lowest BCUT2D eigenvalue weighted by molar-refractivity contribution is -0.384. The van der Waals surface area contributed by atoms with Crippen LogP contribution in [-0.2, 0) is 0 Å². The van der Waals surface area contributed by atoms with Crippen LogP contribution in [0.5, 0.6) is 0 Å². The van der Waals surface area contributed by atoms with E-state index in [0.29, 0.717) is 17.3 Å². The number of nitrogens with zero attached hydrogens (tertiary/aromatic N) is 3. The van der Waals surface area contributed by atoms with E-state index in [1.807, 2.05) is 20.8 Å². The molecule has 0 fully saturated rings. The fourth-order valence-electron chi connectivity index (χ4n) is 2.34. The van der Waals surface area contributed by atoms with Crippen molar-refractivity contribution in [2.45, 2.75) is 32.7 Å². The smallest absolute Gasteiger partial charge is 0.269 e. The first kappa shape index (κ1) is 15.1. The number of hydrogen-bond donors (Lipinski definition) is 1. The summed E-state index contributed by atoms with van der Waals surface area (Å²) < 4.78 is 5.31. The lowest BCUT2D eigenvalue weighted by Crippen LogP contribution is -2.28. The molecule has 2 unspecified atom stereocenters. The summed E-state index contributed by atoms with van der Waals surface area (Å²) in [4.78, 5) is 14.6. The van der Waals surface area contributed by atoms with Gasteiger partial charge in [-0.1, -0.05) is 19.0 Å². The van der Waals surface area contributed by atoms with Gasteiger partial charge in [0.15, 0.2) is 0 Å². The molecule has 7 nitrogen and oxygen atoms in total. The van der Waals surface area contributed by atoms with E-state index < -0.39 is 4.92 Å². The molecule has 2 atom stereocenters. The molecule has 0 saturated carbocycles. The number of rotatable bonds is 5. The molecule has 1 heterocycles. The number of benzene rings is 1. The second-order valence-electron chi connectivity index (χ2n) is 5.39. The first-order chi connectivity index (χ1) is 9.90. The molecule has 21 heavy (non-hydrogen) atoms. The van der Waals surface area contributed by atoms with Crippen LogP contribution < -0.4 is 5.73 Å². The maximum atomic E-state index is 10.6. The molecular weight excluding hydrogens is 272 g/mol. The van der Waals surface area contributed by atoms with Gasteiger partial charge in [0.2, 0.25) is 11.7 Å². The van der Waals surface area contributed by atoms with Crippen LogP contribution in [0.1, 0.15) is 32.6 Å². The molecular formula is C14H18N4O3. The fourth-order valence-corrected chi connectivity index (χ4v) is 2.34. The van der Waals surface area contributed by atoms with E-state index in [-0.39, 0.29) is 23.6 Å². The van der Waals surface area contributed by atoms with E-state index in [0.717, 1.165) is 0 Å². The third kappa shape index (κ3) is 3.25. The summed E-state index contributed by atoms with van der Waals surface area (Å²) in [7, 11) is 0. The second kappa shape index (κ2) is 6.01. The quantitative estimate of drug-likeness (QED) is 0.670. The Hall–Kier alpha value is -2.28. The highest BCUT2D eigenvalue weighted by Gasteiger charge is 2.26. The third-order valence-corrected chi connectivity index (χ3v) is 3.35. The van der Waals surface area contributed by atoms with Crippen LogP contribution in [0.25, 0.3) is 11.4 Å². The maximum Gasteiger partial charge on any atom is 0.269 e. The van der Waals surface area contributed by atoms with Crippen molar-refractivity contribution in [2.75, 3.05) is 0 Å². The highest BCUT2D eigenvalue weighted by molar-refractivity contribution is 5.56. The summed E-state index contributed by atoms with van der Waals surface area (Å²) >= 11 is 0. The predicted molar refractivity (Wildman–Crippen MR) is 77.6 cm³/mol. The number of nitro benzene ring substituents is 1. The second-order valence-corrected chi connectivity index (χ2v) is 5.39. The SMILES string of the molecule is CC(C)C(c1nc(-c2ccc([N+](=O)[O-])cc2)no1)C(C)N. The first-order valence-electron chi connectivity index (χ1n) is 6.74. The molecule has 0 bridgehead atoms. The summed E-state index contributed by atoms with van der Waals surface area (Å²) in [6.07, 6.45) is 0. The molecule has 112 valence electrons. The minimum absolute atomic E-state index is 0.0238. The van der Waals surface area contributed by atoms with Gasteiger partial charge in [0.25, 0.3) is 5.69 Å². The molecule has 0 aliphatic rings. The van der Waals surface area contributed by atoms with E-state index in [1.54, 1.807) is 12.1 Å². The Morgan fingerprint density at radius 1 is 1.24 bits per heavy atom. The number of aromatic nitrogens is 2. The van der Waals surface area contributed by atoms with Crippen molar-refractivity contribution < 1.29 is 9.45 Å². The molecule has 0 saturated heterocycles. The van der Waals surface area contributed by atoms with Crippen molar-refractivity contribution in [3.05, 3.63) is 40.3 Å². The summed E-state index contributed by atoms with van der Waals surface area (Å²) in [5.41, 5.74) is 6.66. The zero-order valence-corrected chi connectivity index (χ0v) is 12.2. The van der Waals surface area contributed by atoms with Gasteiger partial charge in [-0.2, -0.15) is 4.98 Å². The highest BCUT2D eigenvalue weighted by Crippen LogP contribution is 2.28. The summed E-state index contributed by atoms with van der Waals surface area (Å²) in [5.74, 6) is 1.15. The summed E-state index contributed by atoms with van der Waals surface area (Å²) in [6.45, 7) is 5.99. The van der Waals surface area contributed by atoms with Crippen LogP contribution in [0, 0.1) is 16.0 Å². The van der Waals surface area contributed by atoms with Gasteiger partial charge in [0, 0.05) is 23.7 Å². The van der Waals surface area contributed by atoms with Gasteiger partial charge in [-0.3, -0.25) is 10.1 Å². The molecule has 0 aliphatic heterocycles. The summed E-state index contributed by atoms with van der Waals surface area (Å²) in [5, 5.41) is 14.6. The zero-order chi connectivity index (χ0) is 15.6. The molecule has 0 spiro atoms. The minimum atomic E-state index is -0.448. The number of non-ortho nitro benzene ring substituents is 1. The van der Waals surface area contributed by atoms with E-state index in [9.17, 15) is 10.1 Å². The lowest BCUT2D eigenvalue weighted by Gasteiger charge is -2.20. The van der Waals surface area contributed by atoms with Gasteiger partial charge < -0.3 is 10.3 Å². The molecule has 0 amide bonds. The van der Waals surface area contributed by atoms with Crippen LogP contribution >= 0.6 is 0 Å². The van der Waals surface area contributed by atoms with Crippen LogP contribution in [0.2, 0.25) is 0 Å². The van der Waals surface area contributed by atoms with Gasteiger partial charge in [0.05, 0.1) is 10.8 Å². The maximum absolute atomic E-state index is 10.6. The average Bonchev–Trinajstić information content (AvgIpc) is 2.87. The van der Waals surface area contributed by atoms with Crippen LogP contribution in [0.3, 0.4) is 0 Å². The first-order valence-corrected chi connectivity index (χ1v) is 6.74.